The summed E-state index contributed by atoms with van der Waals surface area (Å²) in [4.78, 5) is 0. The van der Waals surface area contributed by atoms with Gasteiger partial charge in [0.05, 0.1) is 0 Å². The molecule has 0 unspecified atom stereocenters. The third-order valence-corrected chi connectivity index (χ3v) is 11.5. The van der Waals surface area contributed by atoms with Gasteiger partial charge in [-0.1, -0.05) is 182 Å². The zero-order valence-corrected chi connectivity index (χ0v) is 34.1. The van der Waals surface area contributed by atoms with E-state index in [1.165, 1.54) is 89.0 Å². The van der Waals surface area contributed by atoms with Crippen LogP contribution in [0.25, 0.3) is 44.5 Å². The lowest BCUT2D eigenvalue weighted by molar-refractivity contribution is 0.681. The summed E-state index contributed by atoms with van der Waals surface area (Å²) in [6, 6.07) is 71.3. The number of hydrogen-bond acceptors (Lipinski definition) is 4. The molecule has 16 bridgehead atoms. The van der Waals surface area contributed by atoms with Gasteiger partial charge < -0.3 is 21.3 Å². The van der Waals surface area contributed by atoms with E-state index in [-0.39, 0.29) is 0 Å². The van der Waals surface area contributed by atoms with Gasteiger partial charge in [0.15, 0.2) is 0 Å². The minimum Gasteiger partial charge on any atom is -0.309 e. The van der Waals surface area contributed by atoms with E-state index in [1.54, 1.807) is 0 Å². The molecular weight excluding hydrogens is 729 g/mol. The predicted octanol–water partition coefficient (Wildman–Crippen LogP) is 11.8. The Hall–Kier alpha value is -6.40. The van der Waals surface area contributed by atoms with Gasteiger partial charge in [-0.05, 0) is 101 Å². The predicted molar refractivity (Wildman–Crippen MR) is 250 cm³/mol. The lowest BCUT2D eigenvalue weighted by Crippen LogP contribution is -2.14. The highest BCUT2D eigenvalue weighted by Crippen LogP contribution is 2.29. The van der Waals surface area contributed by atoms with Crippen LogP contribution in [-0.2, 0) is 52.4 Å². The monoisotopic (exact) mass is 780 g/mol. The third-order valence-electron chi connectivity index (χ3n) is 11.5. The van der Waals surface area contributed by atoms with E-state index in [4.69, 9.17) is 0 Å². The molecule has 7 heterocycles. The number of hydrogen-bond donors (Lipinski definition) is 4. The highest BCUT2D eigenvalue weighted by molar-refractivity contribution is 5.74. The van der Waals surface area contributed by atoms with Gasteiger partial charge in [-0.25, -0.2) is 0 Å². The molecular formula is C56H52N4. The highest BCUT2D eigenvalue weighted by atomic mass is 14.9. The van der Waals surface area contributed by atoms with Crippen molar-refractivity contribution in [2.45, 2.75) is 52.4 Å². The summed E-state index contributed by atoms with van der Waals surface area (Å²) >= 11 is 0. The van der Waals surface area contributed by atoms with Crippen molar-refractivity contribution in [1.29, 1.82) is 0 Å². The van der Waals surface area contributed by atoms with Crippen LogP contribution in [0.5, 0.6) is 0 Å². The van der Waals surface area contributed by atoms with E-state index in [9.17, 15) is 0 Å². The number of benzene rings is 8. The summed E-state index contributed by atoms with van der Waals surface area (Å²) in [5.74, 6) is 0. The standard InChI is InChI=1S/C56H52N4/c1-5-45-29-46(6-1)38-58-34-42-15-23-50(24-16-42)54-10-4-12-56(32-54)52-27-19-44(20-28-52)36-60-40-48-8-2-7-47(30-48)39-59-35-43-17-25-51(26-18-43)55-11-3-9-53(31-55)49-21-13-41(14-22-49)33-57-37-45/h1-32,57-60H,33-40H2. The fraction of sp³-hybridized carbons (Fsp3) is 0.143. The molecule has 60 heavy (non-hydrogen) atoms. The van der Waals surface area contributed by atoms with Gasteiger partial charge in [0.2, 0.25) is 0 Å². The Morgan fingerprint density at radius 3 is 0.650 bits per heavy atom. The Morgan fingerprint density at radius 1 is 0.183 bits per heavy atom. The molecule has 296 valence electrons. The molecule has 7 aliphatic rings. The number of rotatable bonds is 0. The molecule has 4 heteroatoms. The topological polar surface area (TPSA) is 48.1 Å². The molecule has 0 spiro atoms. The van der Waals surface area contributed by atoms with Crippen LogP contribution in [0.3, 0.4) is 0 Å². The van der Waals surface area contributed by atoms with Gasteiger partial charge in [0.1, 0.15) is 0 Å². The van der Waals surface area contributed by atoms with Crippen LogP contribution in [0.2, 0.25) is 0 Å². The van der Waals surface area contributed by atoms with Crippen molar-refractivity contribution in [1.82, 2.24) is 21.3 Å². The zero-order chi connectivity index (χ0) is 40.4. The minimum atomic E-state index is 0.821. The molecule has 0 amide bonds. The van der Waals surface area contributed by atoms with Crippen LogP contribution in [0.1, 0.15) is 44.5 Å². The Labute approximate surface area is 355 Å². The smallest absolute Gasteiger partial charge is 0.0208 e. The van der Waals surface area contributed by atoms with E-state index in [0.29, 0.717) is 0 Å². The van der Waals surface area contributed by atoms with Crippen LogP contribution in [0.15, 0.2) is 194 Å². The molecule has 4 nitrogen and oxygen atoms in total. The highest BCUT2D eigenvalue weighted by Gasteiger charge is 2.07. The molecule has 0 fully saturated rings. The van der Waals surface area contributed by atoms with E-state index in [2.05, 4.69) is 215 Å². The summed E-state index contributed by atoms with van der Waals surface area (Å²) < 4.78 is 0. The molecule has 8 aromatic rings. The van der Waals surface area contributed by atoms with Crippen LogP contribution in [0.4, 0.5) is 0 Å². The fourth-order valence-corrected chi connectivity index (χ4v) is 8.12. The second kappa shape index (κ2) is 19.1. The van der Waals surface area contributed by atoms with E-state index >= 15 is 0 Å². The van der Waals surface area contributed by atoms with Crippen molar-refractivity contribution in [3.05, 3.63) is 239 Å². The first-order valence-corrected chi connectivity index (χ1v) is 21.2. The van der Waals surface area contributed by atoms with Gasteiger partial charge in [-0.3, -0.25) is 0 Å². The maximum atomic E-state index is 3.66. The average molecular weight is 781 g/mol. The minimum absolute atomic E-state index is 0.821. The second-order valence-electron chi connectivity index (χ2n) is 16.0. The van der Waals surface area contributed by atoms with Gasteiger partial charge >= 0.3 is 0 Å². The molecule has 0 saturated heterocycles. The quantitative estimate of drug-likeness (QED) is 0.124. The summed E-state index contributed by atoms with van der Waals surface area (Å²) in [6.45, 7) is 6.58. The van der Waals surface area contributed by atoms with Crippen molar-refractivity contribution in [2.75, 3.05) is 0 Å². The lowest BCUT2D eigenvalue weighted by atomic mass is 9.98. The maximum Gasteiger partial charge on any atom is 0.0208 e. The first-order chi connectivity index (χ1) is 29.7. The van der Waals surface area contributed by atoms with Crippen molar-refractivity contribution < 1.29 is 0 Å². The molecule has 15 rings (SSSR count). The Balaban J connectivity index is 0.898. The van der Waals surface area contributed by atoms with Gasteiger partial charge in [-0.15, -0.1) is 0 Å². The van der Waals surface area contributed by atoms with Crippen molar-refractivity contribution in [2.24, 2.45) is 0 Å². The summed E-state index contributed by atoms with van der Waals surface area (Å²) in [5, 5.41) is 14.6. The van der Waals surface area contributed by atoms with Gasteiger partial charge in [0, 0.05) is 52.4 Å². The van der Waals surface area contributed by atoms with Crippen molar-refractivity contribution in [3.63, 3.8) is 0 Å². The second-order valence-corrected chi connectivity index (χ2v) is 16.0. The van der Waals surface area contributed by atoms with E-state index in [0.717, 1.165) is 52.4 Å². The van der Waals surface area contributed by atoms with Gasteiger partial charge in [0.25, 0.3) is 0 Å². The average Bonchev–Trinajstić information content (AvgIpc) is 3.30. The lowest BCUT2D eigenvalue weighted by Gasteiger charge is -2.11. The molecule has 8 aromatic carbocycles. The molecule has 0 aliphatic carbocycles. The Bertz CT molecular complexity index is 2270. The zero-order valence-electron chi connectivity index (χ0n) is 34.1. The fourth-order valence-electron chi connectivity index (χ4n) is 8.12. The molecule has 0 aromatic heterocycles. The summed E-state index contributed by atoms with van der Waals surface area (Å²) in [7, 11) is 0. The first kappa shape index (κ1) is 39.1. The Kier molecular flexibility index (Phi) is 12.4. The van der Waals surface area contributed by atoms with E-state index < -0.39 is 0 Å². The van der Waals surface area contributed by atoms with Crippen molar-refractivity contribution >= 4 is 0 Å². The van der Waals surface area contributed by atoms with E-state index in [1.807, 2.05) is 0 Å². The molecule has 0 radical (unpaired) electrons. The first-order valence-electron chi connectivity index (χ1n) is 21.2. The van der Waals surface area contributed by atoms with Crippen LogP contribution < -0.4 is 21.3 Å². The molecule has 0 atom stereocenters. The van der Waals surface area contributed by atoms with Crippen LogP contribution in [-0.4, -0.2) is 0 Å². The normalized spacial score (nSPS) is 13.9. The maximum absolute atomic E-state index is 3.66. The van der Waals surface area contributed by atoms with Gasteiger partial charge in [-0.2, -0.15) is 0 Å². The Morgan fingerprint density at radius 2 is 0.400 bits per heavy atom. The SMILES string of the molecule is c1cc2cc(c1)CNCc1ccc(cc1)-c1cccc(c1)-c1ccc(cc1)CNCc1cccc(c1)CNCc1ccc(cc1)-c1cccc(c1)-c1ccc(cc1)CNC2. The summed E-state index contributed by atoms with van der Waals surface area (Å²) in [5.41, 5.74) is 20.1. The molecule has 4 N–H and O–H groups in total. The van der Waals surface area contributed by atoms with Crippen molar-refractivity contribution in [3.8, 4) is 44.5 Å². The third kappa shape index (κ3) is 10.2. The largest absolute Gasteiger partial charge is 0.309 e. The molecule has 0 saturated carbocycles. The van der Waals surface area contributed by atoms with Crippen LogP contribution in [0, 0.1) is 0 Å². The summed E-state index contributed by atoms with van der Waals surface area (Å²) in [6.07, 6.45) is 0. The molecule has 7 aliphatic heterocycles. The number of nitrogens with one attached hydrogen (secondary N) is 4. The van der Waals surface area contributed by atoms with Crippen LogP contribution >= 0.6 is 0 Å².